The van der Waals surface area contributed by atoms with Gasteiger partial charge >= 0.3 is 0 Å². The van der Waals surface area contributed by atoms with Crippen LogP contribution >= 0.6 is 0 Å². The average molecular weight is 232 g/mol. The zero-order valence-corrected chi connectivity index (χ0v) is 10.0. The van der Waals surface area contributed by atoms with Gasteiger partial charge in [0.1, 0.15) is 0 Å². The molecule has 4 heteroatoms. The van der Waals surface area contributed by atoms with Crippen LogP contribution < -0.4 is 5.32 Å². The summed E-state index contributed by atoms with van der Waals surface area (Å²) in [6.07, 6.45) is 0.110. The third-order valence-corrected chi connectivity index (χ3v) is 2.45. The van der Waals surface area contributed by atoms with E-state index in [-0.39, 0.29) is 5.91 Å². The zero-order chi connectivity index (χ0) is 12.8. The van der Waals surface area contributed by atoms with Gasteiger partial charge in [0.2, 0.25) is 0 Å². The summed E-state index contributed by atoms with van der Waals surface area (Å²) in [6.45, 7) is 3.92. The molecule has 0 heterocycles. The maximum atomic E-state index is 11.8. The number of carbonyl (C=O) groups excluding carboxylic acids is 1. The molecule has 1 unspecified atom stereocenters. The predicted molar refractivity (Wildman–Crippen MR) is 64.5 cm³/mol. The lowest BCUT2D eigenvalue weighted by Crippen LogP contribution is -2.27. The minimum Gasteiger partial charge on any atom is -0.393 e. The van der Waals surface area contributed by atoms with E-state index >= 15 is 0 Å². The van der Waals surface area contributed by atoms with Crippen molar-refractivity contribution in [2.24, 2.45) is 0 Å². The van der Waals surface area contributed by atoms with Crippen LogP contribution in [0.4, 0.5) is 0 Å². The smallest absolute Gasteiger partial charge is 0.251 e. The van der Waals surface area contributed by atoms with Crippen molar-refractivity contribution in [3.8, 4) is 6.07 Å². The van der Waals surface area contributed by atoms with E-state index in [0.717, 1.165) is 5.56 Å². The number of rotatable bonds is 4. The number of nitrogens with one attached hydrogen (secondary N) is 1. The van der Waals surface area contributed by atoms with E-state index in [1.165, 1.54) is 0 Å². The Bertz CT molecular complexity index is 447. The molecule has 0 bridgehead atoms. The molecule has 0 fully saturated rings. The standard InChI is InChI=1S/C13H16N2O2/c1-9-7-11(8-14)3-4-12(9)13(17)15-6-5-10(2)16/h3-4,7,10,16H,5-6H2,1-2H3,(H,15,17). The minimum atomic E-state index is -0.419. The van der Waals surface area contributed by atoms with Gasteiger partial charge < -0.3 is 10.4 Å². The summed E-state index contributed by atoms with van der Waals surface area (Å²) in [5, 5.41) is 20.5. The van der Waals surface area contributed by atoms with Crippen molar-refractivity contribution in [2.75, 3.05) is 6.54 Å². The Morgan fingerprint density at radius 2 is 2.29 bits per heavy atom. The van der Waals surface area contributed by atoms with Gasteiger partial charge in [-0.2, -0.15) is 5.26 Å². The predicted octanol–water partition coefficient (Wildman–Crippen LogP) is 1.37. The van der Waals surface area contributed by atoms with E-state index in [1.807, 2.05) is 6.07 Å². The summed E-state index contributed by atoms with van der Waals surface area (Å²) in [5.41, 5.74) is 1.89. The van der Waals surface area contributed by atoms with Crippen LogP contribution in [0.3, 0.4) is 0 Å². The average Bonchev–Trinajstić information content (AvgIpc) is 2.28. The Labute approximate surface area is 101 Å². The van der Waals surface area contributed by atoms with Gasteiger partial charge in [0.25, 0.3) is 5.91 Å². The lowest BCUT2D eigenvalue weighted by atomic mass is 10.1. The van der Waals surface area contributed by atoms with Gasteiger partial charge in [-0.15, -0.1) is 0 Å². The topological polar surface area (TPSA) is 73.1 Å². The van der Waals surface area contributed by atoms with Crippen molar-refractivity contribution in [1.29, 1.82) is 5.26 Å². The fourth-order valence-corrected chi connectivity index (χ4v) is 1.48. The second-order valence-corrected chi connectivity index (χ2v) is 4.04. The first kappa shape index (κ1) is 13.2. The molecule has 1 atom stereocenters. The summed E-state index contributed by atoms with van der Waals surface area (Å²) < 4.78 is 0. The first-order chi connectivity index (χ1) is 8.04. The SMILES string of the molecule is Cc1cc(C#N)ccc1C(=O)NCCC(C)O. The Balaban J connectivity index is 2.67. The van der Waals surface area contributed by atoms with Crippen molar-refractivity contribution in [3.05, 3.63) is 34.9 Å². The first-order valence-electron chi connectivity index (χ1n) is 5.51. The summed E-state index contributed by atoms with van der Waals surface area (Å²) in [5.74, 6) is -0.173. The molecule has 0 radical (unpaired) electrons. The fraction of sp³-hybridized carbons (Fsp3) is 0.385. The van der Waals surface area contributed by atoms with Crippen LogP contribution in [0.5, 0.6) is 0 Å². The van der Waals surface area contributed by atoms with Gasteiger partial charge in [0, 0.05) is 12.1 Å². The van der Waals surface area contributed by atoms with E-state index in [4.69, 9.17) is 10.4 Å². The number of hydrogen-bond donors (Lipinski definition) is 2. The molecule has 0 aliphatic carbocycles. The number of benzene rings is 1. The van der Waals surface area contributed by atoms with E-state index in [9.17, 15) is 4.79 Å². The van der Waals surface area contributed by atoms with Gasteiger partial charge in [-0.25, -0.2) is 0 Å². The number of hydrogen-bond acceptors (Lipinski definition) is 3. The molecular weight excluding hydrogens is 216 g/mol. The second-order valence-electron chi connectivity index (χ2n) is 4.04. The lowest BCUT2D eigenvalue weighted by Gasteiger charge is -2.08. The maximum absolute atomic E-state index is 11.8. The maximum Gasteiger partial charge on any atom is 0.251 e. The molecule has 90 valence electrons. The molecule has 4 nitrogen and oxygen atoms in total. The number of aliphatic hydroxyl groups excluding tert-OH is 1. The molecule has 1 aromatic carbocycles. The van der Waals surface area contributed by atoms with E-state index in [2.05, 4.69) is 5.32 Å². The normalized spacial score (nSPS) is 11.6. The van der Waals surface area contributed by atoms with E-state index < -0.39 is 6.10 Å². The Kier molecular flexibility index (Phi) is 4.68. The third-order valence-electron chi connectivity index (χ3n) is 2.45. The van der Waals surface area contributed by atoms with E-state index in [1.54, 1.807) is 32.0 Å². The van der Waals surface area contributed by atoms with Crippen LogP contribution in [0, 0.1) is 18.3 Å². The van der Waals surface area contributed by atoms with E-state index in [0.29, 0.717) is 24.1 Å². The summed E-state index contributed by atoms with van der Waals surface area (Å²) in [4.78, 5) is 11.8. The lowest BCUT2D eigenvalue weighted by molar-refractivity contribution is 0.0945. The number of nitrogens with zero attached hydrogens (tertiary/aromatic N) is 1. The van der Waals surface area contributed by atoms with Crippen LogP contribution in [0.25, 0.3) is 0 Å². The molecule has 0 saturated heterocycles. The number of aliphatic hydroxyl groups is 1. The molecular formula is C13H16N2O2. The molecule has 1 amide bonds. The molecule has 2 N–H and O–H groups in total. The number of nitriles is 1. The molecule has 1 rings (SSSR count). The quantitative estimate of drug-likeness (QED) is 0.823. The second kappa shape index (κ2) is 6.02. The minimum absolute atomic E-state index is 0.173. The molecule has 0 spiro atoms. The third kappa shape index (κ3) is 3.89. The number of amides is 1. The van der Waals surface area contributed by atoms with Gasteiger partial charge in [-0.1, -0.05) is 0 Å². The Morgan fingerprint density at radius 1 is 1.59 bits per heavy atom. The van der Waals surface area contributed by atoms with Crippen LogP contribution in [0.2, 0.25) is 0 Å². The highest BCUT2D eigenvalue weighted by Gasteiger charge is 2.09. The molecule has 0 aliphatic heterocycles. The van der Waals surface area contributed by atoms with Gasteiger partial charge in [-0.3, -0.25) is 4.79 Å². The number of aryl methyl sites for hydroxylation is 1. The molecule has 1 aromatic rings. The highest BCUT2D eigenvalue weighted by Crippen LogP contribution is 2.10. The summed E-state index contributed by atoms with van der Waals surface area (Å²) >= 11 is 0. The van der Waals surface area contributed by atoms with Crippen LogP contribution in [0.15, 0.2) is 18.2 Å². The summed E-state index contributed by atoms with van der Waals surface area (Å²) in [7, 11) is 0. The van der Waals surface area contributed by atoms with Crippen molar-refractivity contribution in [1.82, 2.24) is 5.32 Å². The van der Waals surface area contributed by atoms with Crippen molar-refractivity contribution in [3.63, 3.8) is 0 Å². The van der Waals surface area contributed by atoms with Crippen molar-refractivity contribution >= 4 is 5.91 Å². The highest BCUT2D eigenvalue weighted by atomic mass is 16.3. The summed E-state index contributed by atoms with van der Waals surface area (Å²) in [6, 6.07) is 6.98. The zero-order valence-electron chi connectivity index (χ0n) is 10.0. The Morgan fingerprint density at radius 3 is 2.82 bits per heavy atom. The highest BCUT2D eigenvalue weighted by molar-refractivity contribution is 5.95. The van der Waals surface area contributed by atoms with Gasteiger partial charge in [-0.05, 0) is 44.0 Å². The molecule has 17 heavy (non-hydrogen) atoms. The van der Waals surface area contributed by atoms with Gasteiger partial charge in [0.15, 0.2) is 0 Å². The van der Waals surface area contributed by atoms with Crippen LogP contribution in [-0.2, 0) is 0 Å². The van der Waals surface area contributed by atoms with Gasteiger partial charge in [0.05, 0.1) is 17.7 Å². The van der Waals surface area contributed by atoms with Crippen LogP contribution in [0.1, 0.15) is 34.8 Å². The number of carbonyl (C=O) groups is 1. The fourth-order valence-electron chi connectivity index (χ4n) is 1.48. The Hall–Kier alpha value is -1.86. The molecule has 0 saturated carbocycles. The van der Waals surface area contributed by atoms with Crippen molar-refractivity contribution in [2.45, 2.75) is 26.4 Å². The van der Waals surface area contributed by atoms with Crippen LogP contribution in [-0.4, -0.2) is 23.7 Å². The largest absolute Gasteiger partial charge is 0.393 e. The first-order valence-corrected chi connectivity index (χ1v) is 5.51. The monoisotopic (exact) mass is 232 g/mol. The molecule has 0 aliphatic rings. The molecule has 0 aromatic heterocycles. The van der Waals surface area contributed by atoms with Crippen molar-refractivity contribution < 1.29 is 9.90 Å².